The molecule has 5 N–H and O–H groups in total. The van der Waals surface area contributed by atoms with Gasteiger partial charge in [-0.15, -0.1) is 0 Å². The summed E-state index contributed by atoms with van der Waals surface area (Å²) >= 11 is 0. The third-order valence-electron chi connectivity index (χ3n) is 12.8. The summed E-state index contributed by atoms with van der Waals surface area (Å²) in [5, 5.41) is 37.1. The number of esters is 1. The number of nitrogens with one attached hydrogen (secondary N) is 2. The first kappa shape index (κ1) is 46.7. The van der Waals surface area contributed by atoms with E-state index in [0.717, 1.165) is 38.0 Å². The number of aromatic amines is 1. The number of carbonyl (C=O) groups excluding carboxylic acids is 3. The van der Waals surface area contributed by atoms with Crippen LogP contribution in [0.4, 0.5) is 0 Å². The average molecular weight is 909 g/mol. The number of hydrogen-bond acceptors (Lipinski definition) is 12. The van der Waals surface area contributed by atoms with Gasteiger partial charge in [0, 0.05) is 73.2 Å². The molecule has 1 amide bonds. The number of aliphatic hydroxyl groups is 2. The Kier molecular flexibility index (Phi) is 14.8. The molecule has 0 spiro atoms. The summed E-state index contributed by atoms with van der Waals surface area (Å²) in [6, 6.07) is 36.7. The second kappa shape index (κ2) is 21.2. The molecule has 0 radical (unpaired) electrons. The molecular weight excluding hydrogens is 853 g/mol. The van der Waals surface area contributed by atoms with Crippen molar-refractivity contribution >= 4 is 28.6 Å². The van der Waals surface area contributed by atoms with Crippen molar-refractivity contribution in [1.29, 1.82) is 0 Å². The van der Waals surface area contributed by atoms with E-state index in [1.807, 2.05) is 24.3 Å². The van der Waals surface area contributed by atoms with Crippen LogP contribution in [0.15, 0.2) is 132 Å². The van der Waals surface area contributed by atoms with E-state index in [2.05, 4.69) is 27.3 Å². The van der Waals surface area contributed by atoms with Gasteiger partial charge in [-0.25, -0.2) is 4.79 Å². The third-order valence-corrected chi connectivity index (χ3v) is 12.8. The molecule has 5 aromatic carbocycles. The van der Waals surface area contributed by atoms with Crippen molar-refractivity contribution in [3.8, 4) is 17.2 Å². The van der Waals surface area contributed by atoms with E-state index in [9.17, 15) is 34.5 Å². The predicted molar refractivity (Wildman–Crippen MR) is 252 cm³/mol. The number of benzene rings is 5. The van der Waals surface area contributed by atoms with E-state index in [1.54, 1.807) is 83.8 Å². The molecule has 2 aliphatic heterocycles. The number of likely N-dealkylation sites (tertiary alicyclic amines) is 2. The number of ketones is 1. The number of aromatic hydroxyl groups is 1. The summed E-state index contributed by atoms with van der Waals surface area (Å²) < 4.78 is 17.4. The number of phenolic OH excluding ortho intramolecular Hbond substituents is 1. The van der Waals surface area contributed by atoms with Crippen LogP contribution < -0.4 is 20.3 Å². The van der Waals surface area contributed by atoms with Gasteiger partial charge >= 0.3 is 5.97 Å². The number of H-pyrrole nitrogens is 1. The third kappa shape index (κ3) is 11.1. The Morgan fingerprint density at radius 2 is 1.58 bits per heavy atom. The van der Waals surface area contributed by atoms with Gasteiger partial charge in [-0.05, 0) is 84.9 Å². The summed E-state index contributed by atoms with van der Waals surface area (Å²) in [4.78, 5) is 58.9. The number of hydrogen-bond donors (Lipinski definition) is 5. The standard InChI is InChI=1S/C53H56N4O10/c1-65-48-26-38(15-16-39(48)28-54-29-47(60)44-17-19-46(59)50-45(44)18-20-49(61)55-50)51(62)57-31-37(32-57)25-42(58)34-66-43-14-8-13-41(27-43)53(64,40-11-6-3-7-12-40)52(63)67-33-36-21-23-56(24-22-36)30-35-9-4-2-5-10-35/h2-20,26-27,36-37,47,54,59-60,64H,21-25,28-34H2,1H3,(H,55,61)/t47-,53-/m0/s1. The van der Waals surface area contributed by atoms with E-state index in [-0.39, 0.29) is 72.1 Å². The van der Waals surface area contributed by atoms with Crippen LogP contribution in [-0.2, 0) is 33.0 Å². The van der Waals surface area contributed by atoms with E-state index in [1.165, 1.54) is 24.8 Å². The van der Waals surface area contributed by atoms with Crippen LogP contribution in [0.2, 0.25) is 0 Å². The highest BCUT2D eigenvalue weighted by Crippen LogP contribution is 2.35. The van der Waals surface area contributed by atoms with Crippen LogP contribution in [0.25, 0.3) is 10.9 Å². The fourth-order valence-corrected chi connectivity index (χ4v) is 8.96. The maximum absolute atomic E-state index is 13.9. The normalized spacial score (nSPS) is 15.9. The zero-order chi connectivity index (χ0) is 46.9. The zero-order valence-corrected chi connectivity index (χ0v) is 37.4. The number of fused-ring (bicyclic) bond motifs is 1. The number of piperidine rings is 1. The van der Waals surface area contributed by atoms with Gasteiger partial charge < -0.3 is 44.7 Å². The minimum Gasteiger partial charge on any atom is -0.506 e. The Balaban J connectivity index is 0.800. The van der Waals surface area contributed by atoms with Crippen molar-refractivity contribution in [2.75, 3.05) is 53.0 Å². The van der Waals surface area contributed by atoms with E-state index < -0.39 is 17.7 Å². The molecule has 3 heterocycles. The maximum atomic E-state index is 13.9. The lowest BCUT2D eigenvalue weighted by Gasteiger charge is -2.39. The molecule has 8 rings (SSSR count). The van der Waals surface area contributed by atoms with Crippen LogP contribution in [0.5, 0.6) is 17.2 Å². The van der Waals surface area contributed by atoms with Crippen molar-refractivity contribution in [3.63, 3.8) is 0 Å². The number of Topliss-reactive ketones (excluding diaryl/α,β-unsaturated/α-hetero) is 1. The topological polar surface area (TPSA) is 191 Å². The maximum Gasteiger partial charge on any atom is 0.347 e. The fraction of sp³-hybridized carbons (Fsp3) is 0.321. The summed E-state index contributed by atoms with van der Waals surface area (Å²) in [7, 11) is 1.52. The average Bonchev–Trinajstić information content (AvgIpc) is 3.34. The Morgan fingerprint density at radius 1 is 0.851 bits per heavy atom. The lowest BCUT2D eigenvalue weighted by atomic mass is 9.86. The van der Waals surface area contributed by atoms with Gasteiger partial charge in [0.25, 0.3) is 5.91 Å². The summed E-state index contributed by atoms with van der Waals surface area (Å²) in [5.41, 5.74) is 1.43. The minimum absolute atomic E-state index is 0.0387. The molecule has 6 aromatic rings. The zero-order valence-electron chi connectivity index (χ0n) is 37.4. The number of pyridine rings is 1. The number of phenols is 1. The lowest BCUT2D eigenvalue weighted by Crippen LogP contribution is -2.50. The minimum atomic E-state index is -2.11. The quantitative estimate of drug-likeness (QED) is 0.0609. The van der Waals surface area contributed by atoms with Crippen LogP contribution in [0, 0.1) is 11.8 Å². The predicted octanol–water partition coefficient (Wildman–Crippen LogP) is 5.87. The molecule has 1 aromatic heterocycles. The number of carbonyl (C=O) groups is 3. The molecule has 14 heteroatoms. The molecule has 348 valence electrons. The molecule has 2 atom stereocenters. The number of aliphatic hydroxyl groups excluding tert-OH is 1. The van der Waals surface area contributed by atoms with E-state index >= 15 is 0 Å². The number of ether oxygens (including phenoxy) is 3. The highest BCUT2D eigenvalue weighted by molar-refractivity contribution is 5.95. The first-order valence-corrected chi connectivity index (χ1v) is 22.6. The van der Waals surface area contributed by atoms with Crippen molar-refractivity contribution in [2.45, 2.75) is 44.1 Å². The SMILES string of the molecule is COc1cc(C(=O)N2CC(CC(=O)COc3cccc([C@](O)(C(=O)OCC4CCN(Cc5ccccc5)CC4)c4ccccc4)c3)C2)ccc1CNC[C@H](O)c1ccc(O)c2[nH]c(=O)ccc12. The van der Waals surface area contributed by atoms with E-state index in [0.29, 0.717) is 53.2 Å². The molecule has 2 aliphatic rings. The number of nitrogens with zero attached hydrogens (tertiary/aromatic N) is 2. The van der Waals surface area contributed by atoms with Crippen LogP contribution in [0.3, 0.4) is 0 Å². The number of methoxy groups -OCH3 is 1. The highest BCUT2D eigenvalue weighted by atomic mass is 16.6. The Hall–Kier alpha value is -6.84. The van der Waals surface area contributed by atoms with Crippen molar-refractivity contribution in [2.24, 2.45) is 11.8 Å². The van der Waals surface area contributed by atoms with Crippen molar-refractivity contribution in [1.82, 2.24) is 20.1 Å². The number of amides is 1. The molecule has 0 saturated carbocycles. The van der Waals surface area contributed by atoms with Gasteiger partial charge in [-0.1, -0.05) is 84.9 Å². The second-order valence-corrected chi connectivity index (χ2v) is 17.5. The second-order valence-electron chi connectivity index (χ2n) is 17.5. The largest absolute Gasteiger partial charge is 0.506 e. The van der Waals surface area contributed by atoms with E-state index in [4.69, 9.17) is 14.2 Å². The van der Waals surface area contributed by atoms with Crippen LogP contribution >= 0.6 is 0 Å². The van der Waals surface area contributed by atoms with Gasteiger partial charge in [0.1, 0.15) is 23.9 Å². The molecule has 0 unspecified atom stereocenters. The molecule has 2 saturated heterocycles. The number of aromatic nitrogens is 1. The lowest BCUT2D eigenvalue weighted by molar-refractivity contribution is -0.164. The van der Waals surface area contributed by atoms with Gasteiger partial charge in [0.05, 0.1) is 25.3 Å². The monoisotopic (exact) mass is 908 g/mol. The first-order valence-electron chi connectivity index (χ1n) is 22.6. The van der Waals surface area contributed by atoms with Gasteiger partial charge in [-0.3, -0.25) is 19.3 Å². The summed E-state index contributed by atoms with van der Waals surface area (Å²) in [5.74, 6) is -0.240. The van der Waals surface area contributed by atoms with Gasteiger partial charge in [-0.2, -0.15) is 0 Å². The Bertz CT molecular complexity index is 2730. The summed E-state index contributed by atoms with van der Waals surface area (Å²) in [6.07, 6.45) is 1.03. The Morgan fingerprint density at radius 3 is 2.33 bits per heavy atom. The van der Waals surface area contributed by atoms with Crippen LogP contribution in [0.1, 0.15) is 63.5 Å². The first-order chi connectivity index (χ1) is 32.5. The highest BCUT2D eigenvalue weighted by Gasteiger charge is 2.42. The molecule has 67 heavy (non-hydrogen) atoms. The smallest absolute Gasteiger partial charge is 0.347 e. The Labute approximate surface area is 388 Å². The number of rotatable bonds is 19. The molecular formula is C53H56N4O10. The molecule has 2 fully saturated rings. The summed E-state index contributed by atoms with van der Waals surface area (Å²) in [6.45, 7) is 3.95. The van der Waals surface area contributed by atoms with Gasteiger partial charge in [0.15, 0.2) is 5.78 Å². The van der Waals surface area contributed by atoms with Crippen molar-refractivity contribution < 1.29 is 43.9 Å². The molecule has 0 bridgehead atoms. The van der Waals surface area contributed by atoms with Gasteiger partial charge in [0.2, 0.25) is 11.2 Å². The molecule has 14 nitrogen and oxygen atoms in total. The molecule has 0 aliphatic carbocycles. The van der Waals surface area contributed by atoms with Crippen LogP contribution in [-0.4, -0.2) is 101 Å². The van der Waals surface area contributed by atoms with Crippen molar-refractivity contribution in [3.05, 3.63) is 171 Å². The fourth-order valence-electron chi connectivity index (χ4n) is 8.96.